The molecule has 4 saturated carbocycles. The predicted molar refractivity (Wildman–Crippen MR) is 128 cm³/mol. The van der Waals surface area contributed by atoms with E-state index < -0.39 is 6.23 Å². The van der Waals surface area contributed by atoms with Crippen molar-refractivity contribution in [1.82, 2.24) is 0 Å². The molecule has 0 aromatic carbocycles. The van der Waals surface area contributed by atoms with Gasteiger partial charge in [0.05, 0.1) is 0 Å². The van der Waals surface area contributed by atoms with E-state index in [9.17, 15) is 14.7 Å². The van der Waals surface area contributed by atoms with Crippen LogP contribution < -0.4 is 0 Å². The molecule has 1 N–H and O–H groups in total. The molecule has 0 aliphatic heterocycles. The van der Waals surface area contributed by atoms with Gasteiger partial charge < -0.3 is 5.11 Å². The Labute approximate surface area is 198 Å². The second kappa shape index (κ2) is 9.34. The Balaban J connectivity index is 1.47. The average Bonchev–Trinajstić information content (AvgIpc) is 3.06. The van der Waals surface area contributed by atoms with E-state index in [1.807, 2.05) is 6.92 Å². The topological polar surface area (TPSA) is 103 Å². The predicted octanol–water partition coefficient (Wildman–Crippen LogP) is 6.46. The summed E-state index contributed by atoms with van der Waals surface area (Å²) in [6, 6.07) is 0. The van der Waals surface area contributed by atoms with Gasteiger partial charge in [-0.1, -0.05) is 45.7 Å². The molecule has 0 heterocycles. The molecule has 0 aromatic rings. The number of aliphatic hydroxyl groups is 1. The molecule has 0 amide bonds. The van der Waals surface area contributed by atoms with Crippen molar-refractivity contribution in [3.8, 4) is 0 Å². The van der Waals surface area contributed by atoms with E-state index >= 15 is 0 Å². The number of rotatable bonds is 7. The fourth-order valence-electron chi connectivity index (χ4n) is 9.07. The first-order valence-electron chi connectivity index (χ1n) is 13.4. The number of ketones is 2. The standard InChI is InChI=1S/C27H43N3O3/c1-16(25(33)29-30-28)8-11-22(31)17(2)24-23(32)15-21-19-10-9-18-7-5-6-13-26(18,3)20(19)12-14-27(21,24)4/h16-21,24-25,33H,5-15H2,1-4H3/t16?,17-,18?,19-,20+,21+,24+,25?,26+,27+/m1/s1. The minimum absolute atomic E-state index is 0.0680. The van der Waals surface area contributed by atoms with E-state index in [4.69, 9.17) is 5.53 Å². The van der Waals surface area contributed by atoms with Crippen LogP contribution in [0.1, 0.15) is 98.3 Å². The zero-order chi connectivity index (χ0) is 24.0. The molecular formula is C27H43N3O3. The van der Waals surface area contributed by atoms with Gasteiger partial charge in [0.25, 0.3) is 0 Å². The Kier molecular flexibility index (Phi) is 7.00. The first kappa shape index (κ1) is 24.7. The second-order valence-corrected chi connectivity index (χ2v) is 12.5. The maximum atomic E-state index is 13.4. The molecule has 10 atom stereocenters. The number of aliphatic hydroxyl groups excluding tert-OH is 1. The van der Waals surface area contributed by atoms with Gasteiger partial charge in [-0.3, -0.25) is 9.59 Å². The molecule has 6 heteroatoms. The Hall–Kier alpha value is -1.39. The molecule has 4 aliphatic carbocycles. The van der Waals surface area contributed by atoms with Gasteiger partial charge in [-0.25, -0.2) is 0 Å². The molecule has 4 aliphatic rings. The van der Waals surface area contributed by atoms with E-state index in [1.54, 1.807) is 6.92 Å². The summed E-state index contributed by atoms with van der Waals surface area (Å²) < 4.78 is 0. The zero-order valence-electron chi connectivity index (χ0n) is 21.0. The van der Waals surface area contributed by atoms with Crippen LogP contribution in [0.5, 0.6) is 0 Å². The zero-order valence-corrected chi connectivity index (χ0v) is 21.0. The lowest BCUT2D eigenvalue weighted by Gasteiger charge is -2.60. The summed E-state index contributed by atoms with van der Waals surface area (Å²) in [6.07, 6.45) is 10.7. The molecule has 0 radical (unpaired) electrons. The van der Waals surface area contributed by atoms with Crippen molar-refractivity contribution < 1.29 is 14.7 Å². The molecule has 184 valence electrons. The Morgan fingerprint density at radius 3 is 2.61 bits per heavy atom. The molecule has 33 heavy (non-hydrogen) atoms. The summed E-state index contributed by atoms with van der Waals surface area (Å²) in [7, 11) is 0. The van der Waals surface area contributed by atoms with Gasteiger partial charge in [0, 0.05) is 29.6 Å². The SMILES string of the molecule is CC(CCC(=O)[C@@H](C)[C@H]1C(=O)C[C@H]2[C@@H]3CCC4CCCC[C@]4(C)[C@H]3CC[C@]12C)C(O)N=[N+]=[N-]. The quantitative estimate of drug-likeness (QED) is 0.269. The average molecular weight is 458 g/mol. The van der Waals surface area contributed by atoms with Crippen LogP contribution in [0.3, 0.4) is 0 Å². The van der Waals surface area contributed by atoms with Crippen molar-refractivity contribution >= 4 is 11.6 Å². The number of azide groups is 1. The number of carbonyl (C=O) groups excluding carboxylic acids is 2. The van der Waals surface area contributed by atoms with Crippen LogP contribution >= 0.6 is 0 Å². The number of carbonyl (C=O) groups is 2. The number of hydrogen-bond donors (Lipinski definition) is 1. The summed E-state index contributed by atoms with van der Waals surface area (Å²) in [4.78, 5) is 29.2. The highest BCUT2D eigenvalue weighted by Crippen LogP contribution is 2.67. The number of hydrogen-bond acceptors (Lipinski definition) is 4. The fourth-order valence-corrected chi connectivity index (χ4v) is 9.07. The van der Waals surface area contributed by atoms with Crippen LogP contribution in [-0.4, -0.2) is 22.9 Å². The molecular weight excluding hydrogens is 414 g/mol. The Morgan fingerprint density at radius 1 is 1.12 bits per heavy atom. The van der Waals surface area contributed by atoms with Crippen molar-refractivity contribution in [1.29, 1.82) is 0 Å². The first-order valence-corrected chi connectivity index (χ1v) is 13.4. The molecule has 4 fully saturated rings. The van der Waals surface area contributed by atoms with Crippen LogP contribution in [0.4, 0.5) is 0 Å². The van der Waals surface area contributed by atoms with Gasteiger partial charge in [0.2, 0.25) is 0 Å². The highest BCUT2D eigenvalue weighted by molar-refractivity contribution is 5.92. The molecule has 0 spiro atoms. The van der Waals surface area contributed by atoms with Crippen molar-refractivity contribution in [3.63, 3.8) is 0 Å². The lowest BCUT2D eigenvalue weighted by molar-refractivity contribution is -0.137. The lowest BCUT2D eigenvalue weighted by Crippen LogP contribution is -2.53. The molecule has 0 aromatic heterocycles. The number of fused-ring (bicyclic) bond motifs is 5. The van der Waals surface area contributed by atoms with E-state index in [0.29, 0.717) is 42.3 Å². The summed E-state index contributed by atoms with van der Waals surface area (Å²) in [6.45, 7) is 8.62. The summed E-state index contributed by atoms with van der Waals surface area (Å²) in [5.74, 6) is 2.36. The van der Waals surface area contributed by atoms with Crippen molar-refractivity contribution in [2.45, 2.75) is 105 Å². The van der Waals surface area contributed by atoms with E-state index in [0.717, 1.165) is 18.3 Å². The smallest absolute Gasteiger partial charge is 0.137 e. The van der Waals surface area contributed by atoms with Crippen molar-refractivity contribution in [2.75, 3.05) is 0 Å². The summed E-state index contributed by atoms with van der Waals surface area (Å²) in [5, 5.41) is 13.2. The third-order valence-electron chi connectivity index (χ3n) is 11.0. The highest BCUT2D eigenvalue weighted by Gasteiger charge is 2.63. The Bertz CT molecular complexity index is 823. The van der Waals surface area contributed by atoms with Crippen molar-refractivity contribution in [3.05, 3.63) is 10.4 Å². The lowest BCUT2D eigenvalue weighted by atomic mass is 9.44. The van der Waals surface area contributed by atoms with Gasteiger partial charge in [0.1, 0.15) is 17.8 Å². The minimum atomic E-state index is -1.11. The van der Waals surface area contributed by atoms with Gasteiger partial charge in [-0.15, -0.1) is 0 Å². The van der Waals surface area contributed by atoms with Crippen LogP contribution in [0, 0.1) is 52.3 Å². The maximum absolute atomic E-state index is 13.4. The number of nitrogens with zero attached hydrogens (tertiary/aromatic N) is 3. The normalized spacial score (nSPS) is 42.8. The molecule has 3 unspecified atom stereocenters. The summed E-state index contributed by atoms with van der Waals surface area (Å²) in [5.41, 5.74) is 8.90. The van der Waals surface area contributed by atoms with E-state index in [-0.39, 0.29) is 29.0 Å². The second-order valence-electron chi connectivity index (χ2n) is 12.5. The van der Waals surface area contributed by atoms with Gasteiger partial charge in [0.15, 0.2) is 0 Å². The van der Waals surface area contributed by atoms with Crippen LogP contribution in [0.15, 0.2) is 5.11 Å². The monoisotopic (exact) mass is 457 g/mol. The van der Waals surface area contributed by atoms with Gasteiger partial charge in [-0.2, -0.15) is 0 Å². The van der Waals surface area contributed by atoms with E-state index in [1.165, 1.54) is 44.9 Å². The highest BCUT2D eigenvalue weighted by atomic mass is 16.3. The minimum Gasteiger partial charge on any atom is -0.387 e. The van der Waals surface area contributed by atoms with Gasteiger partial charge in [-0.05, 0) is 90.9 Å². The summed E-state index contributed by atoms with van der Waals surface area (Å²) >= 11 is 0. The molecule has 0 bridgehead atoms. The van der Waals surface area contributed by atoms with Crippen LogP contribution in [-0.2, 0) is 9.59 Å². The first-order chi connectivity index (χ1) is 15.6. The van der Waals surface area contributed by atoms with Gasteiger partial charge >= 0.3 is 0 Å². The number of Topliss-reactive ketones (excluding diaryl/α,β-unsaturated/α-hetero) is 2. The molecule has 4 rings (SSSR count). The molecule has 0 saturated heterocycles. The van der Waals surface area contributed by atoms with Crippen LogP contribution in [0.25, 0.3) is 10.4 Å². The van der Waals surface area contributed by atoms with Crippen LogP contribution in [0.2, 0.25) is 0 Å². The molecule has 6 nitrogen and oxygen atoms in total. The fraction of sp³-hybridized carbons (Fsp3) is 0.926. The Morgan fingerprint density at radius 2 is 1.88 bits per heavy atom. The van der Waals surface area contributed by atoms with Crippen molar-refractivity contribution in [2.24, 2.45) is 57.4 Å². The third-order valence-corrected chi connectivity index (χ3v) is 11.0. The van der Waals surface area contributed by atoms with E-state index in [2.05, 4.69) is 23.9 Å². The maximum Gasteiger partial charge on any atom is 0.137 e. The third kappa shape index (κ3) is 4.16. The largest absolute Gasteiger partial charge is 0.387 e.